The summed E-state index contributed by atoms with van der Waals surface area (Å²) in [6.07, 6.45) is 0. The molecule has 2 nitrogen and oxygen atoms in total. The number of hydrogen-bond acceptors (Lipinski definition) is 2. The summed E-state index contributed by atoms with van der Waals surface area (Å²) in [5.41, 5.74) is 6.99. The highest BCUT2D eigenvalue weighted by Crippen LogP contribution is 2.32. The highest BCUT2D eigenvalue weighted by Gasteiger charge is 2.14. The van der Waals surface area contributed by atoms with Crippen LogP contribution in [0.5, 0.6) is 5.75 Å². The van der Waals surface area contributed by atoms with Crippen LogP contribution in [0.4, 0.5) is 14.5 Å². The first kappa shape index (κ1) is 12.4. The van der Waals surface area contributed by atoms with Gasteiger partial charge in [-0.3, -0.25) is 0 Å². The van der Waals surface area contributed by atoms with Gasteiger partial charge in [-0.05, 0) is 30.7 Å². The maximum Gasteiger partial charge on any atom is 0.172 e. The minimum absolute atomic E-state index is 0.0846. The molecule has 0 unspecified atom stereocenters. The van der Waals surface area contributed by atoms with Crippen molar-refractivity contribution in [1.82, 2.24) is 0 Å². The summed E-state index contributed by atoms with van der Waals surface area (Å²) in [7, 11) is 1.37. The second-order valence-corrected chi connectivity index (χ2v) is 4.01. The smallest absolute Gasteiger partial charge is 0.172 e. The number of hydrogen-bond donors (Lipinski definition) is 1. The van der Waals surface area contributed by atoms with Gasteiger partial charge in [0, 0.05) is 16.8 Å². The van der Waals surface area contributed by atoms with E-state index in [0.29, 0.717) is 11.3 Å². The predicted octanol–water partition coefficient (Wildman–Crippen LogP) is 3.53. The van der Waals surface area contributed by atoms with Gasteiger partial charge in [-0.2, -0.15) is 0 Å². The summed E-state index contributed by atoms with van der Waals surface area (Å²) in [6.45, 7) is 1.75. The van der Waals surface area contributed by atoms with Crippen molar-refractivity contribution in [2.24, 2.45) is 0 Å². The van der Waals surface area contributed by atoms with E-state index in [0.717, 1.165) is 0 Å². The van der Waals surface area contributed by atoms with Crippen LogP contribution >= 0.6 is 0 Å². The number of benzene rings is 2. The Bertz CT molecular complexity index is 597. The topological polar surface area (TPSA) is 35.2 Å². The lowest BCUT2D eigenvalue weighted by Crippen LogP contribution is -1.96. The van der Waals surface area contributed by atoms with E-state index < -0.39 is 11.6 Å². The molecule has 0 amide bonds. The molecule has 0 bridgehead atoms. The molecule has 94 valence electrons. The second kappa shape index (κ2) is 4.64. The summed E-state index contributed by atoms with van der Waals surface area (Å²) in [6, 6.07) is 7.33. The number of nitrogen functional groups attached to an aromatic ring is 1. The van der Waals surface area contributed by atoms with E-state index >= 15 is 0 Å². The molecule has 0 saturated carbocycles. The first-order valence-corrected chi connectivity index (χ1v) is 5.43. The number of anilines is 1. The van der Waals surface area contributed by atoms with Gasteiger partial charge in [0.1, 0.15) is 5.82 Å². The minimum Gasteiger partial charge on any atom is -0.494 e. The molecule has 0 heterocycles. The second-order valence-electron chi connectivity index (χ2n) is 4.01. The monoisotopic (exact) mass is 249 g/mol. The Morgan fingerprint density at radius 1 is 1.11 bits per heavy atom. The molecule has 4 heteroatoms. The zero-order valence-corrected chi connectivity index (χ0v) is 10.1. The molecule has 0 atom stereocenters. The maximum absolute atomic E-state index is 14.0. The van der Waals surface area contributed by atoms with Crippen LogP contribution in [0.25, 0.3) is 11.1 Å². The van der Waals surface area contributed by atoms with Crippen molar-refractivity contribution in [1.29, 1.82) is 0 Å². The molecule has 0 fully saturated rings. The van der Waals surface area contributed by atoms with E-state index in [-0.39, 0.29) is 16.9 Å². The number of ether oxygens (including phenoxy) is 1. The van der Waals surface area contributed by atoms with E-state index in [9.17, 15) is 8.78 Å². The van der Waals surface area contributed by atoms with Crippen LogP contribution in [0.3, 0.4) is 0 Å². The van der Waals surface area contributed by atoms with Gasteiger partial charge in [-0.15, -0.1) is 0 Å². The van der Waals surface area contributed by atoms with E-state index in [1.807, 2.05) is 0 Å². The quantitative estimate of drug-likeness (QED) is 0.826. The van der Waals surface area contributed by atoms with Crippen LogP contribution in [0.15, 0.2) is 30.3 Å². The van der Waals surface area contributed by atoms with E-state index in [1.54, 1.807) is 13.0 Å². The molecule has 2 rings (SSSR count). The number of rotatable bonds is 2. The molecule has 2 N–H and O–H groups in total. The van der Waals surface area contributed by atoms with Crippen LogP contribution in [0.2, 0.25) is 0 Å². The Morgan fingerprint density at radius 2 is 1.83 bits per heavy atom. The lowest BCUT2D eigenvalue weighted by molar-refractivity contribution is 0.387. The maximum atomic E-state index is 14.0. The number of methoxy groups -OCH3 is 1. The van der Waals surface area contributed by atoms with Gasteiger partial charge < -0.3 is 10.5 Å². The Morgan fingerprint density at radius 3 is 2.50 bits per heavy atom. The summed E-state index contributed by atoms with van der Waals surface area (Å²) >= 11 is 0. The van der Waals surface area contributed by atoms with Gasteiger partial charge in [-0.25, -0.2) is 8.78 Å². The summed E-state index contributed by atoms with van der Waals surface area (Å²) in [4.78, 5) is 0. The van der Waals surface area contributed by atoms with Crippen LogP contribution in [0.1, 0.15) is 5.56 Å². The number of nitrogens with two attached hydrogens (primary N) is 1. The Balaban J connectivity index is 2.66. The van der Waals surface area contributed by atoms with Gasteiger partial charge in [0.2, 0.25) is 0 Å². The zero-order chi connectivity index (χ0) is 13.3. The third-order valence-electron chi connectivity index (χ3n) is 2.83. The fourth-order valence-electron chi connectivity index (χ4n) is 1.78. The minimum atomic E-state index is -0.580. The lowest BCUT2D eigenvalue weighted by Gasteiger charge is -2.10. The van der Waals surface area contributed by atoms with E-state index in [4.69, 9.17) is 10.5 Å². The number of halogens is 2. The van der Waals surface area contributed by atoms with Crippen LogP contribution < -0.4 is 10.5 Å². The Labute approximate surface area is 104 Å². The predicted molar refractivity (Wildman–Crippen MR) is 67.5 cm³/mol. The average Bonchev–Trinajstić information content (AvgIpc) is 2.34. The molecule has 0 radical (unpaired) electrons. The van der Waals surface area contributed by atoms with Gasteiger partial charge >= 0.3 is 0 Å². The largest absolute Gasteiger partial charge is 0.494 e. The molecular weight excluding hydrogens is 236 g/mol. The van der Waals surface area contributed by atoms with Crippen molar-refractivity contribution in [2.75, 3.05) is 12.8 Å². The molecule has 18 heavy (non-hydrogen) atoms. The molecule has 0 spiro atoms. The standard InChI is InChI=1S/C14H13F2NO/c1-8-6-10(11(15)7-12(8)17)9-4-3-5-13(18-2)14(9)16/h3-7H,17H2,1-2H3. The summed E-state index contributed by atoms with van der Waals surface area (Å²) in [5.74, 6) is -1.05. The molecule has 2 aromatic carbocycles. The van der Waals surface area contributed by atoms with Crippen LogP contribution in [0, 0.1) is 18.6 Å². The Kier molecular flexibility index (Phi) is 3.19. The van der Waals surface area contributed by atoms with Crippen LogP contribution in [-0.4, -0.2) is 7.11 Å². The molecular formula is C14H13F2NO. The molecule has 0 saturated heterocycles. The van der Waals surface area contributed by atoms with Crippen molar-refractivity contribution < 1.29 is 13.5 Å². The first-order chi connectivity index (χ1) is 8.54. The fourth-order valence-corrected chi connectivity index (χ4v) is 1.78. The van der Waals surface area contributed by atoms with Gasteiger partial charge in [0.05, 0.1) is 7.11 Å². The zero-order valence-electron chi connectivity index (χ0n) is 10.1. The molecule has 0 aliphatic heterocycles. The Hall–Kier alpha value is -2.10. The lowest BCUT2D eigenvalue weighted by atomic mass is 10.0. The highest BCUT2D eigenvalue weighted by atomic mass is 19.1. The van der Waals surface area contributed by atoms with E-state index in [2.05, 4.69) is 0 Å². The van der Waals surface area contributed by atoms with Crippen molar-refractivity contribution in [3.8, 4) is 16.9 Å². The van der Waals surface area contributed by atoms with Crippen molar-refractivity contribution in [3.63, 3.8) is 0 Å². The van der Waals surface area contributed by atoms with Crippen molar-refractivity contribution in [2.45, 2.75) is 6.92 Å². The van der Waals surface area contributed by atoms with Crippen LogP contribution in [-0.2, 0) is 0 Å². The molecule has 0 aliphatic carbocycles. The van der Waals surface area contributed by atoms with Crippen molar-refractivity contribution >= 4 is 5.69 Å². The van der Waals surface area contributed by atoms with E-state index in [1.165, 1.54) is 31.4 Å². The number of aryl methyl sites for hydroxylation is 1. The third kappa shape index (κ3) is 2.01. The van der Waals surface area contributed by atoms with Crippen molar-refractivity contribution in [3.05, 3.63) is 47.5 Å². The normalized spacial score (nSPS) is 10.4. The van der Waals surface area contributed by atoms with Gasteiger partial charge in [-0.1, -0.05) is 12.1 Å². The highest BCUT2D eigenvalue weighted by molar-refractivity contribution is 5.70. The first-order valence-electron chi connectivity index (χ1n) is 5.43. The molecule has 2 aromatic rings. The van der Waals surface area contributed by atoms with Gasteiger partial charge in [0.25, 0.3) is 0 Å². The average molecular weight is 249 g/mol. The molecule has 0 aliphatic rings. The summed E-state index contributed by atoms with van der Waals surface area (Å²) < 4.78 is 32.8. The van der Waals surface area contributed by atoms with Gasteiger partial charge in [0.15, 0.2) is 11.6 Å². The third-order valence-corrected chi connectivity index (χ3v) is 2.83. The summed E-state index contributed by atoms with van der Waals surface area (Å²) in [5, 5.41) is 0. The fraction of sp³-hybridized carbons (Fsp3) is 0.143. The molecule has 0 aromatic heterocycles. The SMILES string of the molecule is COc1cccc(-c2cc(C)c(N)cc2F)c1F.